The van der Waals surface area contributed by atoms with Crippen molar-refractivity contribution >= 4 is 81.8 Å². The highest BCUT2D eigenvalue weighted by atomic mass is 32.2. The summed E-state index contributed by atoms with van der Waals surface area (Å²) in [5.74, 6) is -6.80. The lowest BCUT2D eigenvalue weighted by atomic mass is 9.88. The molecule has 0 aliphatic heterocycles. The van der Waals surface area contributed by atoms with Crippen LogP contribution in [0.4, 0.5) is 0 Å². The lowest BCUT2D eigenvalue weighted by Gasteiger charge is -2.30. The second-order valence-electron chi connectivity index (χ2n) is 20.1. The predicted octanol–water partition coefficient (Wildman–Crippen LogP) is -3.95. The summed E-state index contributed by atoms with van der Waals surface area (Å²) in [6, 6.07) is -2.60. The summed E-state index contributed by atoms with van der Waals surface area (Å²) in [6.45, 7) is 3.55. The zero-order valence-corrected chi connectivity index (χ0v) is 52.0. The first-order chi connectivity index (χ1) is 40.0. The van der Waals surface area contributed by atoms with Gasteiger partial charge in [-0.1, -0.05) is 13.8 Å². The zero-order chi connectivity index (χ0) is 65.3. The van der Waals surface area contributed by atoms with Crippen LogP contribution in [-0.2, 0) is 107 Å². The van der Waals surface area contributed by atoms with Gasteiger partial charge in [0.05, 0.1) is 126 Å². The predicted molar refractivity (Wildman–Crippen MR) is 301 cm³/mol. The summed E-state index contributed by atoms with van der Waals surface area (Å²) >= 11 is 0. The van der Waals surface area contributed by atoms with Crippen molar-refractivity contribution in [2.75, 3.05) is 142 Å². The smallest absolute Gasteiger partial charge is 0.266 e. The van der Waals surface area contributed by atoms with Gasteiger partial charge >= 0.3 is 0 Å². The van der Waals surface area contributed by atoms with Gasteiger partial charge < -0.3 is 70.4 Å². The molecule has 0 atom stereocenters. The Balaban J connectivity index is 5.92. The van der Waals surface area contributed by atoms with Crippen LogP contribution in [0.25, 0.3) is 0 Å². The summed E-state index contributed by atoms with van der Waals surface area (Å²) in [5.41, 5.74) is 5.20. The lowest BCUT2D eigenvalue weighted by Crippen LogP contribution is -2.48. The molecule has 0 saturated carbocycles. The lowest BCUT2D eigenvalue weighted by molar-refractivity contribution is -0.134. The first-order valence-electron chi connectivity index (χ1n) is 26.9. The normalized spacial score (nSPS) is 12.4. The third-order valence-corrected chi connectivity index (χ3v) is 14.1. The van der Waals surface area contributed by atoms with E-state index < -0.39 is 134 Å². The molecule has 0 radical (unpaired) electrons. The zero-order valence-electron chi connectivity index (χ0n) is 48.7. The number of carbonyl (C=O) groups is 7. The fraction of sp³-hybridized carbons (Fsp3) is 0.848. The summed E-state index contributed by atoms with van der Waals surface area (Å²) in [6.07, 6.45) is -0.714. The molecule has 40 heteroatoms. The molecule has 7 amide bonds. The number of ether oxygens (including phenoxy) is 7. The van der Waals surface area contributed by atoms with Gasteiger partial charge in [-0.25, -0.2) is 0 Å². The first-order valence-corrected chi connectivity index (χ1v) is 33.3. The maximum atomic E-state index is 13.8. The van der Waals surface area contributed by atoms with Gasteiger partial charge in [0.15, 0.2) is 0 Å². The van der Waals surface area contributed by atoms with Gasteiger partial charge in [0.1, 0.15) is 17.2 Å². The minimum Gasteiger partial charge on any atom is -0.379 e. The molecule has 0 unspecified atom stereocenters. The van der Waals surface area contributed by atoms with Crippen LogP contribution in [0.5, 0.6) is 0 Å². The Morgan fingerprint density at radius 3 is 0.965 bits per heavy atom. The first kappa shape index (κ1) is 81.0. The van der Waals surface area contributed by atoms with Crippen LogP contribution in [0, 0.1) is 10.9 Å². The molecule has 86 heavy (non-hydrogen) atoms. The van der Waals surface area contributed by atoms with Gasteiger partial charge in [0.2, 0.25) is 46.3 Å². The monoisotopic (exact) mass is 1320 g/mol. The minimum atomic E-state index is -4.31. The van der Waals surface area contributed by atoms with Crippen LogP contribution < -0.4 is 42.1 Å². The van der Waals surface area contributed by atoms with Crippen LogP contribution in [0.15, 0.2) is 5.11 Å². The van der Waals surface area contributed by atoms with E-state index in [0.29, 0.717) is 6.42 Å². The highest BCUT2D eigenvalue weighted by Crippen LogP contribution is 2.24. The largest absolute Gasteiger partial charge is 0.379 e. The molecule has 0 aromatic carbocycles. The van der Waals surface area contributed by atoms with E-state index in [2.05, 4.69) is 47.2 Å². The fourth-order valence-electron chi connectivity index (χ4n) is 6.49. The van der Waals surface area contributed by atoms with Crippen molar-refractivity contribution in [3.63, 3.8) is 0 Å². The average Bonchev–Trinajstić information content (AvgIpc) is 3.41. The number of hydrogen-bond donors (Lipinski definition) is 12. The molecule has 36 nitrogen and oxygen atoms in total. The van der Waals surface area contributed by atoms with Crippen LogP contribution in [0.2, 0.25) is 0 Å². The standard InChI is InChI=1S/C46H86N10O26S4/c1-45(2,12-24-82-46(3,4)11-13-52-56-47)44(63)55-37(33-80-22-9-42(61)53-35(29-76-18-5-38(57)48-14-25-83(64,65)66)30-77-19-6-39(58)49-15-26-84(67,68)69)34-81-23-10-43(62)54-36(31-78-20-7-40(59)50-16-27-85(70,71)72)32-79-21-8-41(60)51-17-28-86(73,74)75/h35-37,47H,5-34H2,1-4H3,(H10-,48,49,50,51,53,54,55,57,58,59,60,61,62,63,64,65,66,67,68,69,70,71,72,73,74,75)/p+1. The SMILES string of the molecule is CC(C)(CCN=[N+]=N)OCCC(C)(C)C(=O)NC(COCCC(=O)NC(COCCC(=O)NCCS(=O)(=O)O)COCCC(=O)NCCS(=O)(=O)O)COCCC(=O)NC(COCCC(=O)NCCS(=O)(=O)O)COCCC(=O)NCCS(=O)(=O)O. The molecule has 0 spiro atoms. The maximum absolute atomic E-state index is 13.8. The molecule has 0 rings (SSSR count). The molecule has 0 bridgehead atoms. The molecule has 12 N–H and O–H groups in total. The van der Waals surface area contributed by atoms with Crippen molar-refractivity contribution < 1.29 is 119 Å². The number of amides is 7. The number of nitrogens with zero attached hydrogens (tertiary/aromatic N) is 2. The average molecular weight is 1320 g/mol. The van der Waals surface area contributed by atoms with Crippen molar-refractivity contribution in [1.82, 2.24) is 42.1 Å². The molecule has 0 aliphatic carbocycles. The summed E-state index contributed by atoms with van der Waals surface area (Å²) in [4.78, 5) is 91.5. The van der Waals surface area contributed by atoms with Crippen LogP contribution in [0.1, 0.15) is 79.1 Å². The maximum Gasteiger partial charge on any atom is 0.266 e. The van der Waals surface area contributed by atoms with Gasteiger partial charge in [-0.3, -0.25) is 51.8 Å². The summed E-state index contributed by atoms with van der Waals surface area (Å²) in [5, 5.41) is 21.1. The third kappa shape index (κ3) is 51.0. The highest BCUT2D eigenvalue weighted by Gasteiger charge is 2.31. The van der Waals surface area contributed by atoms with Crippen molar-refractivity contribution in [3.05, 3.63) is 0 Å². The van der Waals surface area contributed by atoms with Gasteiger partial charge in [0.25, 0.3) is 40.5 Å². The Hall–Kier alpha value is -5.04. The van der Waals surface area contributed by atoms with Crippen LogP contribution >= 0.6 is 0 Å². The molecule has 0 heterocycles. The van der Waals surface area contributed by atoms with E-state index in [9.17, 15) is 67.2 Å². The molecule has 0 aromatic heterocycles. The number of carbonyl (C=O) groups excluding carboxylic acids is 7. The van der Waals surface area contributed by atoms with E-state index in [0.717, 1.165) is 0 Å². The van der Waals surface area contributed by atoms with E-state index >= 15 is 0 Å². The van der Waals surface area contributed by atoms with E-state index in [4.69, 9.17) is 56.9 Å². The Morgan fingerprint density at radius 2 is 0.698 bits per heavy atom. The Bertz CT molecular complexity index is 2340. The molecule has 0 fully saturated rings. The summed E-state index contributed by atoms with van der Waals surface area (Å²) in [7, 11) is -17.3. The molecule has 0 saturated heterocycles. The molecule has 0 aromatic rings. The van der Waals surface area contributed by atoms with Crippen LogP contribution in [-0.4, -0.2) is 259 Å². The molecule has 0 aliphatic rings. The third-order valence-electron chi connectivity index (χ3n) is 11.3. The Kier molecular flexibility index (Phi) is 41.0. The van der Waals surface area contributed by atoms with Gasteiger partial charge in [-0.05, 0) is 20.3 Å². The minimum absolute atomic E-state index is 0.162. The van der Waals surface area contributed by atoms with Gasteiger partial charge in [0, 0.05) is 83.1 Å². The Labute approximate surface area is 501 Å². The molecular weight excluding hydrogens is 1240 g/mol. The van der Waals surface area contributed by atoms with Crippen molar-refractivity contribution in [2.24, 2.45) is 10.5 Å². The van der Waals surface area contributed by atoms with Crippen molar-refractivity contribution in [1.29, 1.82) is 5.53 Å². The number of nitrogens with one attached hydrogen (secondary N) is 8. The van der Waals surface area contributed by atoms with Gasteiger partial charge in [-0.15, -0.1) is 0 Å². The second-order valence-corrected chi connectivity index (χ2v) is 26.4. The quantitative estimate of drug-likeness (QED) is 0.0120. The van der Waals surface area contributed by atoms with E-state index in [1.54, 1.807) is 13.8 Å². The Morgan fingerprint density at radius 1 is 0.430 bits per heavy atom. The molecular formula is C46H87N10O26S4+. The highest BCUT2D eigenvalue weighted by molar-refractivity contribution is 7.86. The van der Waals surface area contributed by atoms with E-state index in [1.165, 1.54) is 0 Å². The van der Waals surface area contributed by atoms with Crippen molar-refractivity contribution in [2.45, 2.75) is 103 Å². The molecule has 500 valence electrons. The van der Waals surface area contributed by atoms with E-state index in [-0.39, 0.29) is 164 Å². The number of hydrogen-bond acceptors (Lipinski definition) is 24. The van der Waals surface area contributed by atoms with E-state index in [1.807, 2.05) is 13.8 Å². The topological polar surface area (TPSA) is 536 Å². The number of rotatable bonds is 53. The van der Waals surface area contributed by atoms with Gasteiger partial charge in [-0.2, -0.15) is 33.7 Å². The fourth-order valence-corrected chi connectivity index (χ4v) is 7.93. The van der Waals surface area contributed by atoms with Crippen LogP contribution in [0.3, 0.4) is 0 Å². The second kappa shape index (κ2) is 43.6. The summed E-state index contributed by atoms with van der Waals surface area (Å²) < 4.78 is 163. The van der Waals surface area contributed by atoms with Crippen molar-refractivity contribution in [3.8, 4) is 0 Å².